The Morgan fingerprint density at radius 2 is 1.71 bits per heavy atom. The Hall–Kier alpha value is -2.97. The summed E-state index contributed by atoms with van der Waals surface area (Å²) in [6.07, 6.45) is 1.60. The van der Waals surface area contributed by atoms with Crippen LogP contribution in [-0.2, 0) is 0 Å². The van der Waals surface area contributed by atoms with E-state index < -0.39 is 5.97 Å². The number of hydrogen-bond donors (Lipinski definition) is 0. The van der Waals surface area contributed by atoms with E-state index in [1.165, 1.54) is 0 Å². The third-order valence-electron chi connectivity index (χ3n) is 3.41. The Morgan fingerprint density at radius 3 is 2.46 bits per heavy atom. The van der Waals surface area contributed by atoms with E-state index in [2.05, 4.69) is 27.0 Å². The van der Waals surface area contributed by atoms with E-state index >= 15 is 0 Å². The summed E-state index contributed by atoms with van der Waals surface area (Å²) in [5, 5.41) is 9.30. The molecule has 0 saturated heterocycles. The minimum absolute atomic E-state index is 0.339. The fourth-order valence-corrected chi connectivity index (χ4v) is 2.65. The molecule has 3 rings (SSSR count). The van der Waals surface area contributed by atoms with Crippen LogP contribution in [0.3, 0.4) is 0 Å². The highest BCUT2D eigenvalue weighted by molar-refractivity contribution is 9.10. The molecule has 0 spiro atoms. The second-order valence-corrected chi connectivity index (χ2v) is 5.64. The molecule has 0 N–H and O–H groups in total. The van der Waals surface area contributed by atoms with Crippen molar-refractivity contribution >= 4 is 21.9 Å². The van der Waals surface area contributed by atoms with Crippen molar-refractivity contribution in [2.24, 2.45) is 0 Å². The van der Waals surface area contributed by atoms with Gasteiger partial charge in [0.05, 0.1) is 17.2 Å². The zero-order chi connectivity index (χ0) is 16.9. The number of aromatic nitrogens is 1. The Morgan fingerprint density at radius 1 is 1.00 bits per heavy atom. The SMILES string of the molecule is N#Cc1ccccc1-c1ccccc1C(=O)Oc1cccnc1Br. The molecule has 0 fully saturated rings. The van der Waals surface area contributed by atoms with Crippen molar-refractivity contribution in [1.82, 2.24) is 4.98 Å². The second kappa shape index (κ2) is 7.07. The molecule has 2 aromatic carbocycles. The molecule has 4 nitrogen and oxygen atoms in total. The van der Waals surface area contributed by atoms with Gasteiger partial charge in [-0.3, -0.25) is 0 Å². The summed E-state index contributed by atoms with van der Waals surface area (Å²) >= 11 is 3.25. The third kappa shape index (κ3) is 3.19. The summed E-state index contributed by atoms with van der Waals surface area (Å²) in [5.74, 6) is -0.169. The Bertz CT molecular complexity index is 948. The lowest BCUT2D eigenvalue weighted by molar-refractivity contribution is 0.0733. The van der Waals surface area contributed by atoms with Gasteiger partial charge in [0.25, 0.3) is 0 Å². The van der Waals surface area contributed by atoms with Crippen LogP contribution in [0, 0.1) is 11.3 Å². The van der Waals surface area contributed by atoms with Crippen LogP contribution >= 0.6 is 15.9 Å². The Kier molecular flexibility index (Phi) is 4.69. The molecular formula is C19H11BrN2O2. The van der Waals surface area contributed by atoms with Crippen molar-refractivity contribution in [3.8, 4) is 22.9 Å². The number of carbonyl (C=O) groups excluding carboxylic acids is 1. The third-order valence-corrected chi connectivity index (χ3v) is 4.01. The van der Waals surface area contributed by atoms with Crippen LogP contribution in [0.1, 0.15) is 15.9 Å². The van der Waals surface area contributed by atoms with E-state index in [-0.39, 0.29) is 0 Å². The summed E-state index contributed by atoms with van der Waals surface area (Å²) in [6, 6.07) is 19.7. The first kappa shape index (κ1) is 15.9. The molecule has 116 valence electrons. The van der Waals surface area contributed by atoms with Crippen LogP contribution in [-0.4, -0.2) is 11.0 Å². The second-order valence-electron chi connectivity index (χ2n) is 4.88. The van der Waals surface area contributed by atoms with Crippen molar-refractivity contribution in [2.45, 2.75) is 0 Å². The number of halogens is 1. The largest absolute Gasteiger partial charge is 0.420 e. The van der Waals surface area contributed by atoms with Gasteiger partial charge in [-0.15, -0.1) is 0 Å². The first-order chi connectivity index (χ1) is 11.7. The number of carbonyl (C=O) groups is 1. The van der Waals surface area contributed by atoms with Crippen molar-refractivity contribution < 1.29 is 9.53 Å². The lowest BCUT2D eigenvalue weighted by atomic mass is 9.96. The van der Waals surface area contributed by atoms with Gasteiger partial charge in [0.1, 0.15) is 4.60 Å². The number of nitrogens with zero attached hydrogens (tertiary/aromatic N) is 2. The van der Waals surface area contributed by atoms with Gasteiger partial charge in [0, 0.05) is 11.8 Å². The average Bonchev–Trinajstić information content (AvgIpc) is 2.63. The fourth-order valence-electron chi connectivity index (χ4n) is 2.31. The van der Waals surface area contributed by atoms with Crippen molar-refractivity contribution in [3.63, 3.8) is 0 Å². The van der Waals surface area contributed by atoms with Crippen molar-refractivity contribution in [1.29, 1.82) is 5.26 Å². The van der Waals surface area contributed by atoms with E-state index in [0.717, 1.165) is 0 Å². The molecule has 1 heterocycles. The highest BCUT2D eigenvalue weighted by Crippen LogP contribution is 2.29. The molecule has 0 aliphatic rings. The molecule has 24 heavy (non-hydrogen) atoms. The first-order valence-electron chi connectivity index (χ1n) is 7.12. The monoisotopic (exact) mass is 378 g/mol. The van der Waals surface area contributed by atoms with E-state index in [9.17, 15) is 10.1 Å². The number of nitriles is 1. The number of benzene rings is 2. The zero-order valence-electron chi connectivity index (χ0n) is 12.4. The summed E-state index contributed by atoms with van der Waals surface area (Å²) in [6.45, 7) is 0. The van der Waals surface area contributed by atoms with Crippen LogP contribution in [0.4, 0.5) is 0 Å². The molecule has 0 bridgehead atoms. The minimum atomic E-state index is -0.507. The highest BCUT2D eigenvalue weighted by atomic mass is 79.9. The standard InChI is InChI=1S/C19H11BrN2O2/c20-18-17(10-5-11-22-18)24-19(23)16-9-4-3-8-15(16)14-7-2-1-6-13(14)12-21/h1-11H. The molecule has 1 aromatic heterocycles. The fraction of sp³-hybridized carbons (Fsp3) is 0. The molecule has 0 amide bonds. The van der Waals surface area contributed by atoms with Crippen molar-refractivity contribution in [3.05, 3.63) is 82.6 Å². The number of pyridine rings is 1. The first-order valence-corrected chi connectivity index (χ1v) is 7.91. The van der Waals surface area contributed by atoms with Gasteiger partial charge in [-0.2, -0.15) is 5.26 Å². The summed E-state index contributed by atoms with van der Waals surface area (Å²) in [5.41, 5.74) is 2.23. The maximum Gasteiger partial charge on any atom is 0.344 e. The molecule has 0 aliphatic heterocycles. The van der Waals surface area contributed by atoms with Crippen LogP contribution in [0.5, 0.6) is 5.75 Å². The van der Waals surface area contributed by atoms with Gasteiger partial charge in [0.2, 0.25) is 0 Å². The van der Waals surface area contributed by atoms with Gasteiger partial charge in [-0.05, 0) is 45.8 Å². The number of rotatable bonds is 3. The van der Waals surface area contributed by atoms with Gasteiger partial charge >= 0.3 is 5.97 Å². The van der Waals surface area contributed by atoms with E-state index in [0.29, 0.717) is 32.6 Å². The molecule has 0 aliphatic carbocycles. The predicted octanol–water partition coefficient (Wildman–Crippen LogP) is 4.60. The average molecular weight is 379 g/mol. The highest BCUT2D eigenvalue weighted by Gasteiger charge is 2.17. The predicted molar refractivity (Wildman–Crippen MR) is 93.5 cm³/mol. The number of ether oxygens (including phenoxy) is 1. The zero-order valence-corrected chi connectivity index (χ0v) is 14.0. The molecule has 5 heteroatoms. The van der Waals surface area contributed by atoms with Crippen LogP contribution < -0.4 is 4.74 Å². The molecule has 3 aromatic rings. The topological polar surface area (TPSA) is 63.0 Å². The molecule has 0 atom stereocenters. The van der Waals surface area contributed by atoms with Crippen LogP contribution in [0.2, 0.25) is 0 Å². The van der Waals surface area contributed by atoms with Crippen LogP contribution in [0.25, 0.3) is 11.1 Å². The summed E-state index contributed by atoms with van der Waals surface area (Å²) in [7, 11) is 0. The molecule has 0 radical (unpaired) electrons. The molecule has 0 unspecified atom stereocenters. The van der Waals surface area contributed by atoms with E-state index in [4.69, 9.17) is 4.74 Å². The van der Waals surface area contributed by atoms with Gasteiger partial charge in [-0.25, -0.2) is 9.78 Å². The smallest absolute Gasteiger partial charge is 0.344 e. The summed E-state index contributed by atoms with van der Waals surface area (Å²) in [4.78, 5) is 16.6. The van der Waals surface area contributed by atoms with E-state index in [1.807, 2.05) is 18.2 Å². The summed E-state index contributed by atoms with van der Waals surface area (Å²) < 4.78 is 5.89. The maximum atomic E-state index is 12.6. The van der Waals surface area contributed by atoms with Crippen molar-refractivity contribution in [2.75, 3.05) is 0 Å². The van der Waals surface area contributed by atoms with Crippen LogP contribution in [0.15, 0.2) is 71.5 Å². The maximum absolute atomic E-state index is 12.6. The molecule has 0 saturated carbocycles. The minimum Gasteiger partial charge on any atom is -0.420 e. The Balaban J connectivity index is 2.03. The van der Waals surface area contributed by atoms with Gasteiger partial charge < -0.3 is 4.74 Å². The normalized spacial score (nSPS) is 10.0. The lowest BCUT2D eigenvalue weighted by Crippen LogP contribution is -2.10. The lowest BCUT2D eigenvalue weighted by Gasteiger charge is -2.11. The van der Waals surface area contributed by atoms with Gasteiger partial charge in [0.15, 0.2) is 5.75 Å². The number of hydrogen-bond acceptors (Lipinski definition) is 4. The number of esters is 1. The van der Waals surface area contributed by atoms with Gasteiger partial charge in [-0.1, -0.05) is 36.4 Å². The van der Waals surface area contributed by atoms with E-state index in [1.54, 1.807) is 48.7 Å². The quantitative estimate of drug-likeness (QED) is 0.493. The Labute approximate surface area is 147 Å². The molecular weight excluding hydrogens is 368 g/mol.